The first-order valence-corrected chi connectivity index (χ1v) is 8.35. The van der Waals surface area contributed by atoms with Crippen molar-refractivity contribution >= 4 is 0 Å². The molecule has 0 radical (unpaired) electrons. The zero-order chi connectivity index (χ0) is 13.0. The Hall–Kier alpha value is -0.0400. The first-order valence-electron chi connectivity index (χ1n) is 8.35. The van der Waals surface area contributed by atoms with Crippen molar-refractivity contribution in [2.75, 3.05) is 0 Å². The Balaban J connectivity index is 1.73. The summed E-state index contributed by atoms with van der Waals surface area (Å²) in [6.45, 7) is 7.25. The molecule has 2 aliphatic rings. The van der Waals surface area contributed by atoms with Crippen LogP contribution in [-0.2, 0) is 0 Å². The SMILES string of the molecule is CCC1CCC(NC2CCCC(C)(C)CC2)CC1. The summed E-state index contributed by atoms with van der Waals surface area (Å²) in [5.74, 6) is 1.02. The Morgan fingerprint density at radius 1 is 0.889 bits per heavy atom. The van der Waals surface area contributed by atoms with Crippen LogP contribution in [0.15, 0.2) is 0 Å². The van der Waals surface area contributed by atoms with Crippen LogP contribution in [0.2, 0.25) is 0 Å². The van der Waals surface area contributed by atoms with E-state index in [9.17, 15) is 0 Å². The molecule has 1 atom stereocenters. The van der Waals surface area contributed by atoms with E-state index in [0.717, 1.165) is 18.0 Å². The van der Waals surface area contributed by atoms with E-state index < -0.39 is 0 Å². The number of hydrogen-bond donors (Lipinski definition) is 1. The molecule has 18 heavy (non-hydrogen) atoms. The summed E-state index contributed by atoms with van der Waals surface area (Å²) in [5.41, 5.74) is 0.594. The van der Waals surface area contributed by atoms with Crippen LogP contribution >= 0.6 is 0 Å². The predicted octanol–water partition coefficient (Wildman–Crippen LogP) is 4.90. The van der Waals surface area contributed by atoms with Gasteiger partial charge in [-0.15, -0.1) is 0 Å². The van der Waals surface area contributed by atoms with Crippen LogP contribution in [0.1, 0.15) is 85.0 Å². The van der Waals surface area contributed by atoms with E-state index in [4.69, 9.17) is 0 Å². The summed E-state index contributed by atoms with van der Waals surface area (Å²) in [6.07, 6.45) is 14.3. The van der Waals surface area contributed by atoms with E-state index in [1.54, 1.807) is 0 Å². The zero-order valence-corrected chi connectivity index (χ0v) is 12.8. The molecule has 2 aliphatic carbocycles. The summed E-state index contributed by atoms with van der Waals surface area (Å²) in [5, 5.41) is 3.98. The fourth-order valence-corrected chi connectivity index (χ4v) is 3.90. The van der Waals surface area contributed by atoms with E-state index in [2.05, 4.69) is 26.1 Å². The fraction of sp³-hybridized carbons (Fsp3) is 1.00. The first-order chi connectivity index (χ1) is 8.59. The second kappa shape index (κ2) is 6.41. The molecule has 1 nitrogen and oxygen atoms in total. The van der Waals surface area contributed by atoms with Crippen molar-refractivity contribution in [2.45, 2.75) is 97.1 Å². The molecule has 0 aromatic heterocycles. The van der Waals surface area contributed by atoms with Crippen LogP contribution in [0, 0.1) is 11.3 Å². The summed E-state index contributed by atoms with van der Waals surface area (Å²) < 4.78 is 0. The standard InChI is InChI=1S/C17H33N/c1-4-14-7-9-16(10-8-14)18-15-6-5-12-17(2,3)13-11-15/h14-16,18H,4-13H2,1-3H3. The second-order valence-electron chi connectivity index (χ2n) is 7.58. The van der Waals surface area contributed by atoms with Crippen LogP contribution in [0.3, 0.4) is 0 Å². The van der Waals surface area contributed by atoms with Crippen LogP contribution in [-0.4, -0.2) is 12.1 Å². The van der Waals surface area contributed by atoms with Crippen LogP contribution in [0.4, 0.5) is 0 Å². The Bertz CT molecular complexity index is 238. The van der Waals surface area contributed by atoms with Gasteiger partial charge in [0.2, 0.25) is 0 Å². The molecule has 1 N–H and O–H groups in total. The summed E-state index contributed by atoms with van der Waals surface area (Å²) in [4.78, 5) is 0. The van der Waals surface area contributed by atoms with Gasteiger partial charge in [0.15, 0.2) is 0 Å². The van der Waals surface area contributed by atoms with Crippen molar-refractivity contribution < 1.29 is 0 Å². The van der Waals surface area contributed by atoms with Gasteiger partial charge in [-0.05, 0) is 62.7 Å². The van der Waals surface area contributed by atoms with Crippen molar-refractivity contribution in [1.29, 1.82) is 0 Å². The Morgan fingerprint density at radius 3 is 2.22 bits per heavy atom. The highest BCUT2D eigenvalue weighted by Gasteiger charge is 2.27. The van der Waals surface area contributed by atoms with Gasteiger partial charge < -0.3 is 5.32 Å². The third kappa shape index (κ3) is 4.26. The molecule has 0 aromatic carbocycles. The van der Waals surface area contributed by atoms with Crippen molar-refractivity contribution in [3.05, 3.63) is 0 Å². The first kappa shape index (κ1) is 14.4. The molecule has 0 aromatic rings. The topological polar surface area (TPSA) is 12.0 Å². The number of nitrogens with one attached hydrogen (secondary N) is 1. The zero-order valence-electron chi connectivity index (χ0n) is 12.8. The molecule has 2 saturated carbocycles. The Labute approximate surface area is 114 Å². The third-order valence-electron chi connectivity index (χ3n) is 5.47. The van der Waals surface area contributed by atoms with Gasteiger partial charge >= 0.3 is 0 Å². The number of hydrogen-bond acceptors (Lipinski definition) is 1. The largest absolute Gasteiger partial charge is 0.311 e. The van der Waals surface area contributed by atoms with Crippen LogP contribution in [0.5, 0.6) is 0 Å². The monoisotopic (exact) mass is 251 g/mol. The molecule has 2 fully saturated rings. The molecule has 0 aliphatic heterocycles. The van der Waals surface area contributed by atoms with Gasteiger partial charge in [-0.25, -0.2) is 0 Å². The molecule has 1 unspecified atom stereocenters. The Kier molecular flexibility index (Phi) is 5.12. The van der Waals surface area contributed by atoms with Gasteiger partial charge in [0.1, 0.15) is 0 Å². The minimum atomic E-state index is 0.594. The molecule has 0 spiro atoms. The highest BCUT2D eigenvalue weighted by atomic mass is 15.0. The molecule has 0 heterocycles. The fourth-order valence-electron chi connectivity index (χ4n) is 3.90. The van der Waals surface area contributed by atoms with Crippen molar-refractivity contribution in [2.24, 2.45) is 11.3 Å². The molecule has 0 saturated heterocycles. The smallest absolute Gasteiger partial charge is 0.00698 e. The maximum Gasteiger partial charge on any atom is 0.00698 e. The third-order valence-corrected chi connectivity index (χ3v) is 5.47. The van der Waals surface area contributed by atoms with Crippen LogP contribution in [0.25, 0.3) is 0 Å². The highest BCUT2D eigenvalue weighted by molar-refractivity contribution is 4.84. The highest BCUT2D eigenvalue weighted by Crippen LogP contribution is 2.34. The van der Waals surface area contributed by atoms with Crippen molar-refractivity contribution in [3.63, 3.8) is 0 Å². The molecule has 0 amide bonds. The maximum atomic E-state index is 3.98. The van der Waals surface area contributed by atoms with Gasteiger partial charge in [0.05, 0.1) is 0 Å². The Morgan fingerprint density at radius 2 is 1.56 bits per heavy atom. The molecule has 2 rings (SSSR count). The van der Waals surface area contributed by atoms with E-state index in [1.807, 2.05) is 0 Å². The van der Waals surface area contributed by atoms with E-state index in [0.29, 0.717) is 5.41 Å². The van der Waals surface area contributed by atoms with Gasteiger partial charge in [-0.2, -0.15) is 0 Å². The minimum Gasteiger partial charge on any atom is -0.311 e. The van der Waals surface area contributed by atoms with Crippen molar-refractivity contribution in [3.8, 4) is 0 Å². The number of rotatable bonds is 3. The molecule has 0 bridgehead atoms. The lowest BCUT2D eigenvalue weighted by Crippen LogP contribution is -2.40. The quantitative estimate of drug-likeness (QED) is 0.703. The van der Waals surface area contributed by atoms with Gasteiger partial charge in [0, 0.05) is 12.1 Å². The van der Waals surface area contributed by atoms with E-state index in [-0.39, 0.29) is 0 Å². The summed E-state index contributed by atoms with van der Waals surface area (Å²) >= 11 is 0. The predicted molar refractivity (Wildman–Crippen MR) is 79.8 cm³/mol. The normalized spacial score (nSPS) is 37.2. The average molecular weight is 251 g/mol. The summed E-state index contributed by atoms with van der Waals surface area (Å²) in [6, 6.07) is 1.65. The average Bonchev–Trinajstić information content (AvgIpc) is 2.52. The second-order valence-corrected chi connectivity index (χ2v) is 7.58. The molecule has 1 heteroatoms. The molecular weight excluding hydrogens is 218 g/mol. The lowest BCUT2D eigenvalue weighted by Gasteiger charge is -2.32. The lowest BCUT2D eigenvalue weighted by atomic mass is 9.84. The van der Waals surface area contributed by atoms with E-state index >= 15 is 0 Å². The maximum absolute atomic E-state index is 3.98. The lowest BCUT2D eigenvalue weighted by molar-refractivity contribution is 0.257. The van der Waals surface area contributed by atoms with E-state index in [1.165, 1.54) is 64.2 Å². The van der Waals surface area contributed by atoms with Crippen LogP contribution < -0.4 is 5.32 Å². The van der Waals surface area contributed by atoms with Gasteiger partial charge in [0.25, 0.3) is 0 Å². The van der Waals surface area contributed by atoms with Crippen molar-refractivity contribution in [1.82, 2.24) is 5.32 Å². The molecular formula is C17H33N. The van der Waals surface area contributed by atoms with Gasteiger partial charge in [-0.3, -0.25) is 0 Å². The van der Waals surface area contributed by atoms with Gasteiger partial charge in [-0.1, -0.05) is 33.6 Å². The molecule has 106 valence electrons. The minimum absolute atomic E-state index is 0.594. The summed E-state index contributed by atoms with van der Waals surface area (Å²) in [7, 11) is 0.